The summed E-state index contributed by atoms with van der Waals surface area (Å²) in [7, 11) is 2.18. The van der Waals surface area contributed by atoms with Gasteiger partial charge in [0.25, 0.3) is 0 Å². The highest BCUT2D eigenvalue weighted by Crippen LogP contribution is 2.23. The molecule has 2 amide bonds. The number of nitrogens with two attached hydrogens (primary N) is 1. The largest absolute Gasteiger partial charge is 0.344 e. The van der Waals surface area contributed by atoms with Crippen LogP contribution < -0.4 is 11.1 Å². The summed E-state index contributed by atoms with van der Waals surface area (Å²) in [5.41, 5.74) is 8.17. The summed E-state index contributed by atoms with van der Waals surface area (Å²) in [4.78, 5) is 31.2. The van der Waals surface area contributed by atoms with Crippen LogP contribution in [0.4, 0.5) is 0 Å². The predicted molar refractivity (Wildman–Crippen MR) is 163 cm³/mol. The van der Waals surface area contributed by atoms with E-state index in [0.717, 1.165) is 56.7 Å². The Hall–Kier alpha value is -2.01. The van der Waals surface area contributed by atoms with Crippen LogP contribution in [0.25, 0.3) is 0 Å². The second kappa shape index (κ2) is 14.8. The van der Waals surface area contributed by atoms with E-state index in [9.17, 15) is 9.59 Å². The van der Waals surface area contributed by atoms with Crippen LogP contribution in [0.3, 0.4) is 0 Å². The fraction of sp³-hybridized carbons (Fsp3) is 0.600. The SMILES string of the molecule is CC(C)CN(C1CCN(C(=O)[C@@H](Cc2ccc(Cl)cc2)NC(=O)C[C@H](N)c2ccsc2)CC1)N1CCN(C)CC1. The summed E-state index contributed by atoms with van der Waals surface area (Å²) < 4.78 is 0. The molecule has 40 heavy (non-hydrogen) atoms. The molecule has 0 unspecified atom stereocenters. The minimum Gasteiger partial charge on any atom is -0.344 e. The minimum absolute atomic E-state index is 0.0270. The molecule has 3 heterocycles. The van der Waals surface area contributed by atoms with Gasteiger partial charge in [-0.3, -0.25) is 9.59 Å². The molecular formula is C30H45ClN6O2S. The molecule has 8 nitrogen and oxygen atoms in total. The van der Waals surface area contributed by atoms with Crippen molar-refractivity contribution in [1.82, 2.24) is 25.1 Å². The number of halogens is 1. The lowest BCUT2D eigenvalue weighted by atomic mass is 9.99. The van der Waals surface area contributed by atoms with Crippen molar-refractivity contribution in [2.75, 3.05) is 52.9 Å². The normalized spacial score (nSPS) is 19.2. The lowest BCUT2D eigenvalue weighted by Crippen LogP contribution is -2.60. The number of likely N-dealkylation sites (tertiary alicyclic amines) is 1. The molecule has 1 aromatic heterocycles. The molecule has 2 aliphatic rings. The van der Waals surface area contributed by atoms with E-state index in [1.165, 1.54) is 0 Å². The van der Waals surface area contributed by atoms with Gasteiger partial charge in [-0.05, 0) is 65.9 Å². The third-order valence-corrected chi connectivity index (χ3v) is 8.91. The lowest BCUT2D eigenvalue weighted by Gasteiger charge is -2.47. The second-order valence-corrected chi connectivity index (χ2v) is 12.9. The monoisotopic (exact) mass is 588 g/mol. The number of carbonyl (C=O) groups excluding carboxylic acids is 2. The van der Waals surface area contributed by atoms with Crippen molar-refractivity contribution >= 4 is 34.8 Å². The molecule has 2 aromatic rings. The van der Waals surface area contributed by atoms with Crippen molar-refractivity contribution in [3.8, 4) is 0 Å². The average Bonchev–Trinajstić information content (AvgIpc) is 3.48. The molecule has 1 aromatic carbocycles. The molecule has 2 fully saturated rings. The zero-order valence-corrected chi connectivity index (χ0v) is 25.7. The van der Waals surface area contributed by atoms with Gasteiger partial charge in [0, 0.05) is 75.8 Å². The topological polar surface area (TPSA) is 85.1 Å². The van der Waals surface area contributed by atoms with Crippen LogP contribution in [0, 0.1) is 5.92 Å². The third kappa shape index (κ3) is 8.74. The number of piperazine rings is 1. The van der Waals surface area contributed by atoms with Gasteiger partial charge in [0.2, 0.25) is 11.8 Å². The predicted octanol–water partition coefficient (Wildman–Crippen LogP) is 3.63. The van der Waals surface area contributed by atoms with Crippen molar-refractivity contribution < 1.29 is 9.59 Å². The van der Waals surface area contributed by atoms with Gasteiger partial charge in [-0.2, -0.15) is 11.3 Å². The van der Waals surface area contributed by atoms with E-state index >= 15 is 0 Å². The van der Waals surface area contributed by atoms with Crippen LogP contribution in [-0.4, -0.2) is 96.6 Å². The van der Waals surface area contributed by atoms with Crippen LogP contribution in [0.15, 0.2) is 41.1 Å². The number of nitrogens with one attached hydrogen (secondary N) is 1. The van der Waals surface area contributed by atoms with Crippen LogP contribution in [0.2, 0.25) is 5.02 Å². The molecule has 220 valence electrons. The van der Waals surface area contributed by atoms with Gasteiger partial charge in [0.05, 0.1) is 0 Å². The Kier molecular flexibility index (Phi) is 11.4. The quantitative estimate of drug-likeness (QED) is 0.417. The Morgan fingerprint density at radius 1 is 1.07 bits per heavy atom. The first-order chi connectivity index (χ1) is 19.2. The van der Waals surface area contributed by atoms with E-state index in [-0.39, 0.29) is 18.2 Å². The first kappa shape index (κ1) is 30.9. The third-order valence-electron chi connectivity index (χ3n) is 7.96. The van der Waals surface area contributed by atoms with Gasteiger partial charge in [-0.15, -0.1) is 0 Å². The molecule has 10 heteroatoms. The van der Waals surface area contributed by atoms with Crippen LogP contribution in [0.5, 0.6) is 0 Å². The molecule has 4 rings (SSSR count). The molecule has 0 bridgehead atoms. The van der Waals surface area contributed by atoms with Crippen molar-refractivity contribution in [2.45, 2.75) is 57.7 Å². The fourth-order valence-electron chi connectivity index (χ4n) is 5.64. The molecule has 2 aliphatic heterocycles. The van der Waals surface area contributed by atoms with Crippen LogP contribution >= 0.6 is 22.9 Å². The Balaban J connectivity index is 1.40. The van der Waals surface area contributed by atoms with E-state index in [1.54, 1.807) is 11.3 Å². The lowest BCUT2D eigenvalue weighted by molar-refractivity contribution is -0.140. The van der Waals surface area contributed by atoms with Gasteiger partial charge in [0.15, 0.2) is 0 Å². The van der Waals surface area contributed by atoms with E-state index in [2.05, 4.69) is 41.1 Å². The highest BCUT2D eigenvalue weighted by atomic mass is 35.5. The van der Waals surface area contributed by atoms with Crippen LogP contribution in [-0.2, 0) is 16.0 Å². The van der Waals surface area contributed by atoms with Crippen molar-refractivity contribution in [2.24, 2.45) is 11.7 Å². The molecule has 0 radical (unpaired) electrons. The van der Waals surface area contributed by atoms with E-state index in [0.29, 0.717) is 36.5 Å². The highest BCUT2D eigenvalue weighted by Gasteiger charge is 2.34. The van der Waals surface area contributed by atoms with Gasteiger partial charge in [0.1, 0.15) is 6.04 Å². The maximum atomic E-state index is 13.8. The number of nitrogens with zero attached hydrogens (tertiary/aromatic N) is 4. The summed E-state index contributed by atoms with van der Waals surface area (Å²) in [5.74, 6) is 0.332. The average molecular weight is 589 g/mol. The Bertz CT molecular complexity index is 1070. The van der Waals surface area contributed by atoms with E-state index in [1.807, 2.05) is 46.0 Å². The number of rotatable bonds is 11. The summed E-state index contributed by atoms with van der Waals surface area (Å²) in [6, 6.07) is 8.78. The number of hydrogen-bond donors (Lipinski definition) is 2. The fourth-order valence-corrected chi connectivity index (χ4v) is 6.49. The van der Waals surface area contributed by atoms with Gasteiger partial charge >= 0.3 is 0 Å². The number of hydrazine groups is 1. The van der Waals surface area contributed by atoms with Gasteiger partial charge in [-0.1, -0.05) is 37.6 Å². The standard InChI is InChI=1S/C30H45ClN6O2S/c1-22(2)20-37(36-15-13-34(3)14-16-36)26-8-11-35(12-9-26)30(39)28(18-23-4-6-25(31)7-5-23)33-29(38)19-27(32)24-10-17-40-21-24/h4-7,10,17,21-22,26-28H,8-9,11-16,18-20,32H2,1-3H3,(H,33,38)/t27-,28+/m0/s1. The maximum Gasteiger partial charge on any atom is 0.245 e. The zero-order valence-electron chi connectivity index (χ0n) is 24.1. The molecular weight excluding hydrogens is 544 g/mol. The Morgan fingerprint density at radius 3 is 2.35 bits per heavy atom. The molecule has 2 saturated heterocycles. The van der Waals surface area contributed by atoms with Crippen molar-refractivity contribution in [3.63, 3.8) is 0 Å². The van der Waals surface area contributed by atoms with Crippen LogP contribution in [0.1, 0.15) is 50.3 Å². The summed E-state index contributed by atoms with van der Waals surface area (Å²) in [6.07, 6.45) is 2.40. The second-order valence-electron chi connectivity index (χ2n) is 11.6. The Morgan fingerprint density at radius 2 is 1.75 bits per heavy atom. The minimum atomic E-state index is -0.649. The highest BCUT2D eigenvalue weighted by molar-refractivity contribution is 7.08. The molecule has 0 aliphatic carbocycles. The number of carbonyl (C=O) groups is 2. The summed E-state index contributed by atoms with van der Waals surface area (Å²) in [5, 5.41) is 12.7. The summed E-state index contributed by atoms with van der Waals surface area (Å²) >= 11 is 7.65. The number of likely N-dealkylation sites (N-methyl/N-ethyl adjacent to an activating group) is 1. The maximum absolute atomic E-state index is 13.8. The summed E-state index contributed by atoms with van der Waals surface area (Å²) in [6.45, 7) is 11.2. The van der Waals surface area contributed by atoms with E-state index < -0.39 is 12.1 Å². The first-order valence-corrected chi connectivity index (χ1v) is 15.8. The number of piperidine rings is 1. The van der Waals surface area contributed by atoms with Crippen molar-refractivity contribution in [3.05, 3.63) is 57.2 Å². The smallest absolute Gasteiger partial charge is 0.245 e. The van der Waals surface area contributed by atoms with Gasteiger partial charge < -0.3 is 20.9 Å². The number of amides is 2. The first-order valence-electron chi connectivity index (χ1n) is 14.5. The Labute approximate surface area is 248 Å². The number of hydrogen-bond acceptors (Lipinski definition) is 7. The van der Waals surface area contributed by atoms with Crippen molar-refractivity contribution in [1.29, 1.82) is 0 Å². The number of benzene rings is 1. The van der Waals surface area contributed by atoms with E-state index in [4.69, 9.17) is 17.3 Å². The zero-order chi connectivity index (χ0) is 28.6. The molecule has 3 N–H and O–H groups in total. The molecule has 0 saturated carbocycles. The molecule has 2 atom stereocenters. The number of thiophene rings is 1. The molecule has 0 spiro atoms. The van der Waals surface area contributed by atoms with Gasteiger partial charge in [-0.25, -0.2) is 10.0 Å².